The van der Waals surface area contributed by atoms with Gasteiger partial charge in [-0.25, -0.2) is 0 Å². The quantitative estimate of drug-likeness (QED) is 0.878. The Morgan fingerprint density at radius 2 is 2.27 bits per heavy atom. The Labute approximate surface area is 129 Å². The van der Waals surface area contributed by atoms with Crippen LogP contribution in [-0.4, -0.2) is 35.2 Å². The summed E-state index contributed by atoms with van der Waals surface area (Å²) in [6.45, 7) is 3.37. The highest BCUT2D eigenvalue weighted by atomic mass is 16.5. The average molecular weight is 300 g/mol. The van der Waals surface area contributed by atoms with E-state index in [0.717, 1.165) is 24.9 Å². The molecule has 6 nitrogen and oxygen atoms in total. The highest BCUT2D eigenvalue weighted by Gasteiger charge is 2.23. The second kappa shape index (κ2) is 6.70. The number of nitrogens with one attached hydrogen (secondary N) is 2. The second-order valence-electron chi connectivity index (χ2n) is 5.62. The molecule has 3 rings (SSSR count). The molecule has 0 spiro atoms. The van der Waals surface area contributed by atoms with Gasteiger partial charge >= 0.3 is 0 Å². The van der Waals surface area contributed by atoms with Crippen LogP contribution in [0, 0.1) is 0 Å². The largest absolute Gasteiger partial charge is 0.354 e. The summed E-state index contributed by atoms with van der Waals surface area (Å²) >= 11 is 0. The van der Waals surface area contributed by atoms with Crippen LogP contribution in [0.3, 0.4) is 0 Å². The van der Waals surface area contributed by atoms with Crippen molar-refractivity contribution in [2.45, 2.75) is 31.7 Å². The third-order valence-corrected chi connectivity index (χ3v) is 3.85. The molecule has 1 fully saturated rings. The zero-order valence-electron chi connectivity index (χ0n) is 12.6. The molecule has 2 aromatic rings. The van der Waals surface area contributed by atoms with Gasteiger partial charge in [0.05, 0.1) is 12.0 Å². The summed E-state index contributed by atoms with van der Waals surface area (Å²) in [6.07, 6.45) is 1.96. The molecule has 2 atom stereocenters. The number of carbonyl (C=O) groups is 1. The highest BCUT2D eigenvalue weighted by molar-refractivity contribution is 5.82. The summed E-state index contributed by atoms with van der Waals surface area (Å²) in [5.41, 5.74) is 0.920. The van der Waals surface area contributed by atoms with Crippen molar-refractivity contribution in [2.24, 2.45) is 0 Å². The van der Waals surface area contributed by atoms with Gasteiger partial charge in [-0.2, -0.15) is 4.98 Å². The molecule has 116 valence electrons. The monoisotopic (exact) mass is 300 g/mol. The van der Waals surface area contributed by atoms with Crippen LogP contribution in [0.25, 0.3) is 11.4 Å². The van der Waals surface area contributed by atoms with Crippen LogP contribution in [-0.2, 0) is 4.79 Å². The van der Waals surface area contributed by atoms with E-state index in [-0.39, 0.29) is 17.9 Å². The molecule has 0 saturated carbocycles. The number of carbonyl (C=O) groups excluding carboxylic acids is 1. The van der Waals surface area contributed by atoms with Crippen molar-refractivity contribution >= 4 is 5.91 Å². The molecule has 22 heavy (non-hydrogen) atoms. The van der Waals surface area contributed by atoms with Gasteiger partial charge in [0.1, 0.15) is 0 Å². The fourth-order valence-corrected chi connectivity index (χ4v) is 2.51. The van der Waals surface area contributed by atoms with Crippen LogP contribution in [0.15, 0.2) is 34.9 Å². The lowest BCUT2D eigenvalue weighted by Gasteiger charge is -2.12. The average Bonchev–Trinajstić information content (AvgIpc) is 3.24. The van der Waals surface area contributed by atoms with Gasteiger partial charge in [-0.15, -0.1) is 0 Å². The van der Waals surface area contributed by atoms with Crippen LogP contribution in [0.4, 0.5) is 0 Å². The molecule has 1 aliphatic heterocycles. The summed E-state index contributed by atoms with van der Waals surface area (Å²) in [4.78, 5) is 16.4. The Bertz CT molecular complexity index is 620. The molecule has 1 aliphatic rings. The van der Waals surface area contributed by atoms with E-state index in [4.69, 9.17) is 4.52 Å². The summed E-state index contributed by atoms with van der Waals surface area (Å²) < 4.78 is 5.31. The van der Waals surface area contributed by atoms with Crippen molar-refractivity contribution < 1.29 is 9.32 Å². The zero-order chi connectivity index (χ0) is 15.4. The maximum absolute atomic E-state index is 12.0. The second-order valence-corrected chi connectivity index (χ2v) is 5.62. The Balaban J connectivity index is 1.57. The standard InChI is InChI=1S/C16H20N4O2/c1-11(10-18-15(21)13-8-5-9-17-13)16-19-14(20-22-16)12-6-3-2-4-7-12/h2-4,6-7,11,13,17H,5,8-10H2,1H3,(H,18,21). The van der Waals surface area contributed by atoms with E-state index in [1.165, 1.54) is 0 Å². The molecular formula is C16H20N4O2. The minimum Gasteiger partial charge on any atom is -0.354 e. The third kappa shape index (κ3) is 3.33. The molecule has 2 unspecified atom stereocenters. The number of nitrogens with zero attached hydrogens (tertiary/aromatic N) is 2. The Kier molecular flexibility index (Phi) is 4.48. The predicted molar refractivity (Wildman–Crippen MR) is 82.2 cm³/mol. The van der Waals surface area contributed by atoms with Gasteiger partial charge in [0.15, 0.2) is 0 Å². The van der Waals surface area contributed by atoms with Gasteiger partial charge < -0.3 is 15.2 Å². The van der Waals surface area contributed by atoms with Gasteiger partial charge in [0, 0.05) is 12.1 Å². The van der Waals surface area contributed by atoms with Crippen molar-refractivity contribution in [2.75, 3.05) is 13.1 Å². The smallest absolute Gasteiger partial charge is 0.237 e. The summed E-state index contributed by atoms with van der Waals surface area (Å²) in [6, 6.07) is 9.63. The first-order valence-electron chi connectivity index (χ1n) is 7.64. The first kappa shape index (κ1) is 14.7. The van der Waals surface area contributed by atoms with E-state index < -0.39 is 0 Å². The van der Waals surface area contributed by atoms with Crippen LogP contribution in [0.5, 0.6) is 0 Å². The van der Waals surface area contributed by atoms with E-state index in [9.17, 15) is 4.79 Å². The zero-order valence-corrected chi connectivity index (χ0v) is 12.6. The van der Waals surface area contributed by atoms with E-state index in [2.05, 4.69) is 20.8 Å². The Hall–Kier alpha value is -2.21. The van der Waals surface area contributed by atoms with Crippen LogP contribution < -0.4 is 10.6 Å². The lowest BCUT2D eigenvalue weighted by molar-refractivity contribution is -0.122. The number of benzene rings is 1. The lowest BCUT2D eigenvalue weighted by Crippen LogP contribution is -2.41. The molecule has 0 aliphatic carbocycles. The third-order valence-electron chi connectivity index (χ3n) is 3.85. The van der Waals surface area contributed by atoms with Crippen molar-refractivity contribution in [3.8, 4) is 11.4 Å². The van der Waals surface area contributed by atoms with Crippen molar-refractivity contribution in [1.82, 2.24) is 20.8 Å². The van der Waals surface area contributed by atoms with Crippen LogP contribution in [0.1, 0.15) is 31.6 Å². The van der Waals surface area contributed by atoms with Crippen LogP contribution in [0.2, 0.25) is 0 Å². The maximum atomic E-state index is 12.0. The summed E-state index contributed by atoms with van der Waals surface area (Å²) in [7, 11) is 0. The molecule has 1 aromatic carbocycles. The number of amides is 1. The molecule has 0 radical (unpaired) electrons. The summed E-state index contributed by atoms with van der Waals surface area (Å²) in [5, 5.41) is 10.1. The number of rotatable bonds is 5. The van der Waals surface area contributed by atoms with E-state index in [0.29, 0.717) is 18.3 Å². The molecule has 1 saturated heterocycles. The fraction of sp³-hybridized carbons (Fsp3) is 0.438. The molecule has 1 aromatic heterocycles. The normalized spacial score (nSPS) is 19.0. The SMILES string of the molecule is CC(CNC(=O)C1CCCN1)c1nc(-c2ccccc2)no1. The first-order chi connectivity index (χ1) is 10.7. The fourth-order valence-electron chi connectivity index (χ4n) is 2.51. The molecule has 1 amide bonds. The predicted octanol–water partition coefficient (Wildman–Crippen LogP) is 1.71. The van der Waals surface area contributed by atoms with Crippen molar-refractivity contribution in [3.63, 3.8) is 0 Å². The maximum Gasteiger partial charge on any atom is 0.237 e. The van der Waals surface area contributed by atoms with Crippen molar-refractivity contribution in [3.05, 3.63) is 36.2 Å². The Morgan fingerprint density at radius 3 is 3.00 bits per heavy atom. The van der Waals surface area contributed by atoms with Gasteiger partial charge in [0.2, 0.25) is 17.6 Å². The van der Waals surface area contributed by atoms with Gasteiger partial charge in [0.25, 0.3) is 0 Å². The molecule has 2 heterocycles. The number of aromatic nitrogens is 2. The highest BCUT2D eigenvalue weighted by Crippen LogP contribution is 2.19. The lowest BCUT2D eigenvalue weighted by atomic mass is 10.1. The number of hydrogen-bond donors (Lipinski definition) is 2. The van der Waals surface area contributed by atoms with Gasteiger partial charge in [-0.1, -0.05) is 42.4 Å². The minimum atomic E-state index is -0.0604. The Morgan fingerprint density at radius 1 is 1.45 bits per heavy atom. The van der Waals surface area contributed by atoms with E-state index >= 15 is 0 Å². The molecular weight excluding hydrogens is 280 g/mol. The molecule has 6 heteroatoms. The van der Waals surface area contributed by atoms with Crippen LogP contribution >= 0.6 is 0 Å². The van der Waals surface area contributed by atoms with E-state index in [1.54, 1.807) is 0 Å². The first-order valence-corrected chi connectivity index (χ1v) is 7.64. The molecule has 0 bridgehead atoms. The topological polar surface area (TPSA) is 80.0 Å². The minimum absolute atomic E-state index is 0.0182. The summed E-state index contributed by atoms with van der Waals surface area (Å²) in [5.74, 6) is 1.15. The van der Waals surface area contributed by atoms with Gasteiger partial charge in [-0.05, 0) is 19.4 Å². The van der Waals surface area contributed by atoms with Crippen molar-refractivity contribution in [1.29, 1.82) is 0 Å². The number of hydrogen-bond acceptors (Lipinski definition) is 5. The van der Waals surface area contributed by atoms with Gasteiger partial charge in [-0.3, -0.25) is 4.79 Å². The van der Waals surface area contributed by atoms with E-state index in [1.807, 2.05) is 37.3 Å². The molecule has 2 N–H and O–H groups in total.